The van der Waals surface area contributed by atoms with Gasteiger partial charge >= 0.3 is 6.03 Å². The predicted molar refractivity (Wildman–Crippen MR) is 132 cm³/mol. The lowest BCUT2D eigenvalue weighted by Crippen LogP contribution is -2.37. The van der Waals surface area contributed by atoms with E-state index in [1.807, 2.05) is 0 Å². The zero-order valence-electron chi connectivity index (χ0n) is 19.3. The molecule has 2 heterocycles. The molecule has 1 fully saturated rings. The number of carbonyl (C=O) groups is 3. The number of amides is 4. The molecule has 9 nitrogen and oxygen atoms in total. The lowest BCUT2D eigenvalue weighted by atomic mass is 10.1. The first kappa shape index (κ1) is 23.5. The molecule has 1 saturated heterocycles. The van der Waals surface area contributed by atoms with Crippen molar-refractivity contribution in [1.29, 1.82) is 0 Å². The number of nitrogens with zero attached hydrogens (tertiary/aromatic N) is 2. The highest BCUT2D eigenvalue weighted by atomic mass is 35.5. The van der Waals surface area contributed by atoms with Gasteiger partial charge in [-0.2, -0.15) is 0 Å². The Balaban J connectivity index is 1.41. The van der Waals surface area contributed by atoms with E-state index in [1.165, 1.54) is 12.0 Å². The molecule has 0 spiro atoms. The third kappa shape index (κ3) is 4.65. The Hall–Kier alpha value is -4.24. The predicted octanol–water partition coefficient (Wildman–Crippen LogP) is 4.44. The molecule has 10 heteroatoms. The highest BCUT2D eigenvalue weighted by Gasteiger charge is 2.46. The first-order valence-corrected chi connectivity index (χ1v) is 11.5. The molecule has 0 radical (unpaired) electrons. The monoisotopic (exact) mass is 507 g/mol. The van der Waals surface area contributed by atoms with E-state index in [2.05, 4.69) is 5.32 Å². The lowest BCUT2D eigenvalue weighted by Gasteiger charge is -2.22. The maximum absolute atomic E-state index is 13.5. The van der Waals surface area contributed by atoms with Crippen LogP contribution in [0.5, 0.6) is 17.2 Å². The van der Waals surface area contributed by atoms with Gasteiger partial charge in [-0.05, 0) is 66.2 Å². The Labute approximate surface area is 212 Å². The van der Waals surface area contributed by atoms with Crippen molar-refractivity contribution in [2.75, 3.05) is 24.1 Å². The number of carbonyl (C=O) groups excluding carboxylic acids is 3. The van der Waals surface area contributed by atoms with Crippen molar-refractivity contribution in [3.05, 3.63) is 77.3 Å². The normalized spacial score (nSPS) is 16.4. The summed E-state index contributed by atoms with van der Waals surface area (Å²) >= 11 is 5.91. The summed E-state index contributed by atoms with van der Waals surface area (Å²) in [7, 11) is 1.53. The maximum Gasteiger partial charge on any atom is 0.332 e. The van der Waals surface area contributed by atoms with Crippen LogP contribution in [0.15, 0.2) is 66.7 Å². The summed E-state index contributed by atoms with van der Waals surface area (Å²) in [5.41, 5.74) is 1.66. The smallest absolute Gasteiger partial charge is 0.332 e. The van der Waals surface area contributed by atoms with Crippen molar-refractivity contribution >= 4 is 40.8 Å². The highest BCUT2D eigenvalue weighted by molar-refractivity contribution is 6.30. The van der Waals surface area contributed by atoms with Gasteiger partial charge in [0.2, 0.25) is 12.7 Å². The SMILES string of the molecule is COc1ccc(N2C(=O)C(CC(=O)Nc3ccc(Cl)cc3)N(Cc3ccc4c(c3)OCO4)C2=O)cc1. The van der Waals surface area contributed by atoms with Crippen LogP contribution in [0.2, 0.25) is 5.02 Å². The average Bonchev–Trinajstić information content (AvgIpc) is 3.43. The van der Waals surface area contributed by atoms with Crippen LogP contribution in [0.4, 0.5) is 16.2 Å². The van der Waals surface area contributed by atoms with E-state index in [0.29, 0.717) is 33.6 Å². The summed E-state index contributed by atoms with van der Waals surface area (Å²) in [6.07, 6.45) is -0.218. The second kappa shape index (κ2) is 9.79. The zero-order valence-corrected chi connectivity index (χ0v) is 20.0. The van der Waals surface area contributed by atoms with Gasteiger partial charge in [0.1, 0.15) is 11.8 Å². The van der Waals surface area contributed by atoms with Gasteiger partial charge < -0.3 is 24.4 Å². The summed E-state index contributed by atoms with van der Waals surface area (Å²) in [5.74, 6) is 0.873. The number of methoxy groups -OCH3 is 1. The van der Waals surface area contributed by atoms with Crippen molar-refractivity contribution in [3.63, 3.8) is 0 Å². The Morgan fingerprint density at radius 2 is 1.75 bits per heavy atom. The van der Waals surface area contributed by atoms with Crippen LogP contribution in [-0.4, -0.2) is 42.7 Å². The molecule has 3 aromatic carbocycles. The summed E-state index contributed by atoms with van der Waals surface area (Å²) in [6.45, 7) is 0.228. The summed E-state index contributed by atoms with van der Waals surface area (Å²) in [4.78, 5) is 42.3. The summed E-state index contributed by atoms with van der Waals surface area (Å²) in [6, 6.07) is 17.0. The van der Waals surface area contributed by atoms with E-state index in [4.69, 9.17) is 25.8 Å². The first-order chi connectivity index (χ1) is 17.4. The topological polar surface area (TPSA) is 97.4 Å². The standard InChI is InChI=1S/C26H22ClN3O6/c1-34-20-9-7-19(8-10-20)30-25(32)21(13-24(31)28-18-5-3-17(27)4-6-18)29(26(30)33)14-16-2-11-22-23(12-16)36-15-35-22/h2-12,21H,13-15H2,1H3,(H,28,31). The molecule has 1 N–H and O–H groups in total. The average molecular weight is 508 g/mol. The Morgan fingerprint density at radius 3 is 2.47 bits per heavy atom. The molecule has 0 aliphatic carbocycles. The Bertz CT molecular complexity index is 1310. The fraction of sp³-hybridized carbons (Fsp3) is 0.192. The molecule has 1 unspecified atom stereocenters. The van der Waals surface area contributed by atoms with Crippen molar-refractivity contribution in [2.24, 2.45) is 0 Å². The largest absolute Gasteiger partial charge is 0.497 e. The van der Waals surface area contributed by atoms with E-state index in [0.717, 1.165) is 10.5 Å². The van der Waals surface area contributed by atoms with Crippen LogP contribution in [0.25, 0.3) is 0 Å². The molecule has 0 saturated carbocycles. The third-order valence-electron chi connectivity index (χ3n) is 5.95. The van der Waals surface area contributed by atoms with Gasteiger partial charge in [-0.25, -0.2) is 9.69 Å². The number of imide groups is 1. The summed E-state index contributed by atoms with van der Waals surface area (Å²) in [5, 5.41) is 3.30. The number of halogens is 1. The van der Waals surface area contributed by atoms with Crippen LogP contribution in [0.1, 0.15) is 12.0 Å². The van der Waals surface area contributed by atoms with Crippen LogP contribution < -0.4 is 24.4 Å². The maximum atomic E-state index is 13.5. The van der Waals surface area contributed by atoms with Gasteiger partial charge in [0, 0.05) is 17.3 Å². The van der Waals surface area contributed by atoms with Crippen molar-refractivity contribution < 1.29 is 28.6 Å². The van der Waals surface area contributed by atoms with Crippen LogP contribution in [-0.2, 0) is 16.1 Å². The number of urea groups is 1. The van der Waals surface area contributed by atoms with Crippen molar-refractivity contribution in [3.8, 4) is 17.2 Å². The van der Waals surface area contributed by atoms with Gasteiger partial charge in [-0.3, -0.25) is 9.59 Å². The molecule has 36 heavy (non-hydrogen) atoms. The van der Waals surface area contributed by atoms with E-state index in [9.17, 15) is 14.4 Å². The number of rotatable bonds is 7. The highest BCUT2D eigenvalue weighted by Crippen LogP contribution is 2.35. The minimum atomic E-state index is -1.00. The van der Waals surface area contributed by atoms with Gasteiger partial charge in [0.05, 0.1) is 19.2 Å². The summed E-state index contributed by atoms with van der Waals surface area (Å²) < 4.78 is 16.0. The molecule has 3 aromatic rings. The minimum Gasteiger partial charge on any atom is -0.497 e. The molecule has 4 amide bonds. The van der Waals surface area contributed by atoms with Crippen LogP contribution >= 0.6 is 11.6 Å². The van der Waals surface area contributed by atoms with E-state index < -0.39 is 23.9 Å². The van der Waals surface area contributed by atoms with Crippen LogP contribution in [0, 0.1) is 0 Å². The molecule has 5 rings (SSSR count). The Kier molecular flexibility index (Phi) is 6.39. The quantitative estimate of drug-likeness (QED) is 0.475. The zero-order chi connectivity index (χ0) is 25.2. The molecule has 0 bridgehead atoms. The molecule has 184 valence electrons. The molecular weight excluding hydrogens is 486 g/mol. The second-order valence-corrected chi connectivity index (χ2v) is 8.68. The minimum absolute atomic E-state index is 0.104. The number of anilines is 2. The first-order valence-electron chi connectivity index (χ1n) is 11.2. The van der Waals surface area contributed by atoms with Gasteiger partial charge in [-0.15, -0.1) is 0 Å². The third-order valence-corrected chi connectivity index (χ3v) is 6.20. The Morgan fingerprint density at radius 1 is 1.03 bits per heavy atom. The number of nitrogens with one attached hydrogen (secondary N) is 1. The van der Waals surface area contributed by atoms with Crippen LogP contribution in [0.3, 0.4) is 0 Å². The fourth-order valence-corrected chi connectivity index (χ4v) is 4.27. The molecule has 1 atom stereocenters. The second-order valence-electron chi connectivity index (χ2n) is 8.24. The number of ether oxygens (including phenoxy) is 3. The van der Waals surface area contributed by atoms with E-state index in [-0.39, 0.29) is 19.8 Å². The molecular formula is C26H22ClN3O6. The number of hydrogen-bond acceptors (Lipinski definition) is 6. The molecule has 2 aliphatic rings. The van der Waals surface area contributed by atoms with E-state index in [1.54, 1.807) is 66.7 Å². The van der Waals surface area contributed by atoms with Gasteiger partial charge in [0.25, 0.3) is 5.91 Å². The molecule has 2 aliphatic heterocycles. The lowest BCUT2D eigenvalue weighted by molar-refractivity contribution is -0.124. The van der Waals surface area contributed by atoms with E-state index >= 15 is 0 Å². The van der Waals surface area contributed by atoms with Crippen molar-refractivity contribution in [1.82, 2.24) is 4.90 Å². The van der Waals surface area contributed by atoms with Gasteiger partial charge in [0.15, 0.2) is 11.5 Å². The fourth-order valence-electron chi connectivity index (χ4n) is 4.14. The number of hydrogen-bond donors (Lipinski definition) is 1. The van der Waals surface area contributed by atoms with Crippen molar-refractivity contribution in [2.45, 2.75) is 19.0 Å². The number of benzene rings is 3. The number of fused-ring (bicyclic) bond motifs is 1. The van der Waals surface area contributed by atoms with Gasteiger partial charge in [-0.1, -0.05) is 17.7 Å². The molecule has 0 aromatic heterocycles.